The molecule has 0 atom stereocenters. The normalized spacial score (nSPS) is 10.8. The van der Waals surface area contributed by atoms with Crippen LogP contribution >= 0.6 is 27.5 Å². The van der Waals surface area contributed by atoms with E-state index in [9.17, 15) is 0 Å². The highest BCUT2D eigenvalue weighted by Gasteiger charge is 2.09. The zero-order chi connectivity index (χ0) is 16.9. The molecule has 0 spiro atoms. The number of nitrogens with one attached hydrogen (secondary N) is 1. The van der Waals surface area contributed by atoms with Gasteiger partial charge in [-0.25, -0.2) is 0 Å². The molecule has 0 unspecified atom stereocenters. The molecular formula is C19H17BrClNO2. The van der Waals surface area contributed by atoms with Crippen molar-refractivity contribution in [2.45, 2.75) is 13.1 Å². The Kier molecular flexibility index (Phi) is 5.61. The van der Waals surface area contributed by atoms with Crippen molar-refractivity contribution in [1.29, 1.82) is 0 Å². The summed E-state index contributed by atoms with van der Waals surface area (Å²) in [7, 11) is 1.67. The van der Waals surface area contributed by atoms with E-state index in [0.29, 0.717) is 11.6 Å². The van der Waals surface area contributed by atoms with Gasteiger partial charge in [0.05, 0.1) is 18.7 Å². The van der Waals surface area contributed by atoms with Gasteiger partial charge in [-0.05, 0) is 48.0 Å². The van der Waals surface area contributed by atoms with Crippen LogP contribution in [0, 0.1) is 0 Å². The van der Waals surface area contributed by atoms with Crippen LogP contribution in [-0.4, -0.2) is 7.11 Å². The monoisotopic (exact) mass is 405 g/mol. The van der Waals surface area contributed by atoms with E-state index in [1.165, 1.54) is 5.56 Å². The van der Waals surface area contributed by atoms with Crippen LogP contribution in [0.15, 0.2) is 63.5 Å². The summed E-state index contributed by atoms with van der Waals surface area (Å²) in [5.74, 6) is 2.51. The lowest BCUT2D eigenvalue weighted by Crippen LogP contribution is -2.11. The van der Waals surface area contributed by atoms with Gasteiger partial charge in [0.15, 0.2) is 0 Å². The fourth-order valence-corrected chi connectivity index (χ4v) is 3.15. The molecule has 1 heterocycles. The van der Waals surface area contributed by atoms with Gasteiger partial charge in [-0.2, -0.15) is 0 Å². The first kappa shape index (κ1) is 17.1. The van der Waals surface area contributed by atoms with E-state index >= 15 is 0 Å². The van der Waals surface area contributed by atoms with Crippen molar-refractivity contribution >= 4 is 27.5 Å². The summed E-state index contributed by atoms with van der Waals surface area (Å²) in [4.78, 5) is 0. The van der Waals surface area contributed by atoms with Crippen molar-refractivity contribution in [3.8, 4) is 17.1 Å². The van der Waals surface area contributed by atoms with Gasteiger partial charge in [-0.1, -0.05) is 39.7 Å². The van der Waals surface area contributed by atoms with Crippen LogP contribution in [0.5, 0.6) is 5.75 Å². The summed E-state index contributed by atoms with van der Waals surface area (Å²) in [6.07, 6.45) is 0. The van der Waals surface area contributed by atoms with Gasteiger partial charge in [0.1, 0.15) is 17.3 Å². The van der Waals surface area contributed by atoms with Crippen LogP contribution in [0.4, 0.5) is 0 Å². The molecule has 3 nitrogen and oxygen atoms in total. The van der Waals surface area contributed by atoms with Gasteiger partial charge in [0, 0.05) is 16.6 Å². The minimum Gasteiger partial charge on any atom is -0.497 e. The fraction of sp³-hybridized carbons (Fsp3) is 0.158. The third-order valence-corrected chi connectivity index (χ3v) is 4.45. The summed E-state index contributed by atoms with van der Waals surface area (Å²) in [6.45, 7) is 1.42. The molecule has 0 fully saturated rings. The molecule has 2 aromatic carbocycles. The summed E-state index contributed by atoms with van der Waals surface area (Å²) >= 11 is 9.67. The summed E-state index contributed by atoms with van der Waals surface area (Å²) in [5.41, 5.74) is 2.08. The zero-order valence-corrected chi connectivity index (χ0v) is 15.5. The Morgan fingerprint density at radius 1 is 1.04 bits per heavy atom. The smallest absolute Gasteiger partial charge is 0.135 e. The largest absolute Gasteiger partial charge is 0.497 e. The zero-order valence-electron chi connectivity index (χ0n) is 13.2. The summed E-state index contributed by atoms with van der Waals surface area (Å²) < 4.78 is 12.0. The van der Waals surface area contributed by atoms with Gasteiger partial charge in [-0.3, -0.25) is 0 Å². The number of halogens is 2. The van der Waals surface area contributed by atoms with Crippen LogP contribution in [0.1, 0.15) is 11.3 Å². The van der Waals surface area contributed by atoms with Crippen molar-refractivity contribution < 1.29 is 9.15 Å². The van der Waals surface area contributed by atoms with Crippen LogP contribution in [0.25, 0.3) is 11.3 Å². The first-order chi connectivity index (χ1) is 11.7. The molecule has 5 heteroatoms. The molecule has 0 saturated carbocycles. The van der Waals surface area contributed by atoms with Gasteiger partial charge in [-0.15, -0.1) is 0 Å². The molecule has 0 aliphatic rings. The number of hydrogen-bond acceptors (Lipinski definition) is 3. The average molecular weight is 407 g/mol. The van der Waals surface area contributed by atoms with E-state index in [1.54, 1.807) is 7.11 Å². The second-order valence-electron chi connectivity index (χ2n) is 5.34. The number of methoxy groups -OCH3 is 1. The highest BCUT2D eigenvalue weighted by molar-refractivity contribution is 9.10. The predicted molar refractivity (Wildman–Crippen MR) is 100 cm³/mol. The van der Waals surface area contributed by atoms with Crippen molar-refractivity contribution in [3.05, 3.63) is 75.4 Å². The van der Waals surface area contributed by atoms with E-state index in [1.807, 2.05) is 54.6 Å². The standard InChI is InChI=1S/C19H17BrClNO2/c1-23-15-5-2-13(3-6-15)11-22-12-16-7-9-19(24-16)17-8-4-14(20)10-18(17)21/h2-10,22H,11-12H2,1H3. The van der Waals surface area contributed by atoms with Gasteiger partial charge >= 0.3 is 0 Å². The Labute approximate surface area is 154 Å². The van der Waals surface area contributed by atoms with E-state index < -0.39 is 0 Å². The van der Waals surface area contributed by atoms with E-state index in [0.717, 1.165) is 33.9 Å². The lowest BCUT2D eigenvalue weighted by Gasteiger charge is -2.05. The third kappa shape index (κ3) is 4.20. The molecule has 0 bridgehead atoms. The van der Waals surface area contributed by atoms with Crippen molar-refractivity contribution in [2.75, 3.05) is 7.11 Å². The molecule has 3 aromatic rings. The van der Waals surface area contributed by atoms with Crippen LogP contribution < -0.4 is 10.1 Å². The Hall–Kier alpha value is -1.75. The predicted octanol–water partition coefficient (Wildman–Crippen LogP) is 5.66. The molecule has 0 aliphatic heterocycles. The maximum atomic E-state index is 6.27. The Bertz CT molecular complexity index is 814. The second kappa shape index (κ2) is 7.88. The van der Waals surface area contributed by atoms with Crippen molar-refractivity contribution in [3.63, 3.8) is 0 Å². The topological polar surface area (TPSA) is 34.4 Å². The van der Waals surface area contributed by atoms with Crippen LogP contribution in [0.3, 0.4) is 0 Å². The van der Waals surface area contributed by atoms with E-state index in [4.69, 9.17) is 20.8 Å². The maximum Gasteiger partial charge on any atom is 0.135 e. The van der Waals surface area contributed by atoms with Crippen LogP contribution in [-0.2, 0) is 13.1 Å². The quantitative estimate of drug-likeness (QED) is 0.573. The Morgan fingerprint density at radius 3 is 2.54 bits per heavy atom. The highest BCUT2D eigenvalue weighted by Crippen LogP contribution is 2.31. The summed E-state index contributed by atoms with van der Waals surface area (Å²) in [5, 5.41) is 4.03. The maximum absolute atomic E-state index is 6.27. The minimum atomic E-state index is 0.653. The molecule has 24 heavy (non-hydrogen) atoms. The molecule has 0 aliphatic carbocycles. The number of hydrogen-bond donors (Lipinski definition) is 1. The van der Waals surface area contributed by atoms with Crippen molar-refractivity contribution in [1.82, 2.24) is 5.32 Å². The molecule has 0 radical (unpaired) electrons. The molecule has 3 rings (SSSR count). The van der Waals surface area contributed by atoms with E-state index in [-0.39, 0.29) is 0 Å². The molecule has 1 aromatic heterocycles. The third-order valence-electron chi connectivity index (χ3n) is 3.65. The first-order valence-corrected chi connectivity index (χ1v) is 8.70. The summed E-state index contributed by atoms with van der Waals surface area (Å²) in [6, 6.07) is 17.7. The lowest BCUT2D eigenvalue weighted by molar-refractivity contribution is 0.414. The SMILES string of the molecule is COc1ccc(CNCc2ccc(-c3ccc(Br)cc3Cl)o2)cc1. The highest BCUT2D eigenvalue weighted by atomic mass is 79.9. The van der Waals surface area contributed by atoms with Crippen LogP contribution in [0.2, 0.25) is 5.02 Å². The number of furan rings is 1. The lowest BCUT2D eigenvalue weighted by atomic mass is 10.2. The number of benzene rings is 2. The number of rotatable bonds is 6. The van der Waals surface area contributed by atoms with Gasteiger partial charge in [0.2, 0.25) is 0 Å². The van der Waals surface area contributed by atoms with E-state index in [2.05, 4.69) is 21.2 Å². The second-order valence-corrected chi connectivity index (χ2v) is 6.66. The Balaban J connectivity index is 1.59. The molecular weight excluding hydrogens is 390 g/mol. The number of ether oxygens (including phenoxy) is 1. The average Bonchev–Trinajstić information content (AvgIpc) is 3.04. The van der Waals surface area contributed by atoms with Gasteiger partial charge in [0.25, 0.3) is 0 Å². The Morgan fingerprint density at radius 2 is 1.83 bits per heavy atom. The van der Waals surface area contributed by atoms with Crippen molar-refractivity contribution in [2.24, 2.45) is 0 Å². The van der Waals surface area contributed by atoms with Gasteiger partial charge < -0.3 is 14.5 Å². The molecule has 124 valence electrons. The molecule has 0 amide bonds. The minimum absolute atomic E-state index is 0.653. The molecule has 0 saturated heterocycles. The fourth-order valence-electron chi connectivity index (χ4n) is 2.38. The molecule has 1 N–H and O–H groups in total. The first-order valence-electron chi connectivity index (χ1n) is 7.53.